The molecule has 1 N–H and O–H groups in total. The van der Waals surface area contributed by atoms with E-state index in [4.69, 9.17) is 0 Å². The molecule has 3 aromatic rings. The maximum atomic E-state index is 12.5. The van der Waals surface area contributed by atoms with Gasteiger partial charge in [0.15, 0.2) is 0 Å². The molecule has 1 aromatic heterocycles. The van der Waals surface area contributed by atoms with Crippen LogP contribution in [-0.4, -0.2) is 44.8 Å². The van der Waals surface area contributed by atoms with Gasteiger partial charge in [0.1, 0.15) is 5.69 Å². The van der Waals surface area contributed by atoms with Gasteiger partial charge < -0.3 is 10.2 Å². The molecule has 2 aromatic carbocycles. The highest BCUT2D eigenvalue weighted by atomic mass is 16.2. The third-order valence-corrected chi connectivity index (χ3v) is 5.63. The summed E-state index contributed by atoms with van der Waals surface area (Å²) in [5, 5.41) is 11.2. The monoisotopic (exact) mass is 429 g/mol. The smallest absolute Gasteiger partial charge is 0.246 e. The number of benzene rings is 2. The van der Waals surface area contributed by atoms with Gasteiger partial charge >= 0.3 is 0 Å². The first-order chi connectivity index (χ1) is 15.7. The minimum Gasteiger partial charge on any atom is -0.352 e. The lowest BCUT2D eigenvalue weighted by atomic mass is 9.95. The number of likely N-dealkylation sites (tertiary alicyclic amines) is 1. The first-order valence-electron chi connectivity index (χ1n) is 10.9. The van der Waals surface area contributed by atoms with Gasteiger partial charge in [-0.15, -0.1) is 5.10 Å². The van der Waals surface area contributed by atoms with Gasteiger partial charge in [0, 0.05) is 31.6 Å². The minimum atomic E-state index is -0.0641. The van der Waals surface area contributed by atoms with E-state index >= 15 is 0 Å². The highest BCUT2D eigenvalue weighted by molar-refractivity contribution is 5.91. The van der Waals surface area contributed by atoms with Crippen LogP contribution in [0.1, 0.15) is 29.7 Å². The van der Waals surface area contributed by atoms with E-state index in [0.29, 0.717) is 44.7 Å². The van der Waals surface area contributed by atoms with Gasteiger partial charge in [0.2, 0.25) is 11.8 Å². The molecule has 2 heterocycles. The van der Waals surface area contributed by atoms with E-state index in [1.54, 1.807) is 15.7 Å². The van der Waals surface area contributed by atoms with E-state index < -0.39 is 0 Å². The Hall–Kier alpha value is -3.74. The van der Waals surface area contributed by atoms with Crippen molar-refractivity contribution in [2.75, 3.05) is 13.1 Å². The maximum absolute atomic E-state index is 12.5. The van der Waals surface area contributed by atoms with E-state index in [1.807, 2.05) is 66.9 Å². The molecule has 4 rings (SSSR count). The van der Waals surface area contributed by atoms with Crippen LogP contribution in [0.4, 0.5) is 0 Å². The Morgan fingerprint density at radius 1 is 0.969 bits per heavy atom. The molecule has 32 heavy (non-hydrogen) atoms. The molecule has 0 bridgehead atoms. The summed E-state index contributed by atoms with van der Waals surface area (Å²) in [7, 11) is 0. The SMILES string of the molecule is O=C(NCc1ccccc1)C1CCN(C(=O)/C=C/c2cn(Cc3ccccc3)nn2)CC1. The van der Waals surface area contributed by atoms with Crippen LogP contribution in [0.25, 0.3) is 6.08 Å². The van der Waals surface area contributed by atoms with Gasteiger partial charge in [-0.3, -0.25) is 9.59 Å². The minimum absolute atomic E-state index is 0.0513. The largest absolute Gasteiger partial charge is 0.352 e. The molecule has 1 saturated heterocycles. The fourth-order valence-electron chi connectivity index (χ4n) is 3.79. The van der Waals surface area contributed by atoms with Crippen molar-refractivity contribution in [3.63, 3.8) is 0 Å². The van der Waals surface area contributed by atoms with Gasteiger partial charge in [-0.05, 0) is 30.0 Å². The van der Waals surface area contributed by atoms with Crippen LogP contribution in [0, 0.1) is 5.92 Å². The highest BCUT2D eigenvalue weighted by Crippen LogP contribution is 2.18. The van der Waals surface area contributed by atoms with Crippen molar-refractivity contribution in [2.24, 2.45) is 5.92 Å². The predicted molar refractivity (Wildman–Crippen MR) is 122 cm³/mol. The summed E-state index contributed by atoms with van der Waals surface area (Å²) in [6.07, 6.45) is 6.39. The molecular weight excluding hydrogens is 402 g/mol. The molecule has 1 aliphatic rings. The molecule has 1 fully saturated rings. The third kappa shape index (κ3) is 5.91. The number of hydrogen-bond donors (Lipinski definition) is 1. The Bertz CT molecular complexity index is 1050. The van der Waals surface area contributed by atoms with Crippen molar-refractivity contribution in [3.05, 3.63) is 89.8 Å². The van der Waals surface area contributed by atoms with Crippen LogP contribution < -0.4 is 5.32 Å². The van der Waals surface area contributed by atoms with Gasteiger partial charge in [0.05, 0.1) is 12.7 Å². The van der Waals surface area contributed by atoms with Crippen LogP contribution in [0.3, 0.4) is 0 Å². The summed E-state index contributed by atoms with van der Waals surface area (Å²) < 4.78 is 1.75. The average molecular weight is 430 g/mol. The lowest BCUT2D eigenvalue weighted by Gasteiger charge is -2.30. The second-order valence-electron chi connectivity index (χ2n) is 7.96. The molecule has 0 radical (unpaired) electrons. The van der Waals surface area contributed by atoms with E-state index in [-0.39, 0.29) is 17.7 Å². The number of aromatic nitrogens is 3. The fourth-order valence-corrected chi connectivity index (χ4v) is 3.79. The standard InChI is InChI=1S/C25H27N5O2/c31-24(12-11-23-19-30(28-27-23)18-21-9-5-2-6-10-21)29-15-13-22(14-16-29)25(32)26-17-20-7-3-1-4-8-20/h1-12,19,22H,13-18H2,(H,26,32)/b12-11+. The Kier molecular flexibility index (Phi) is 7.07. The molecule has 1 aliphatic heterocycles. The van der Waals surface area contributed by atoms with Crippen LogP contribution in [0.15, 0.2) is 72.9 Å². The number of piperidine rings is 1. The van der Waals surface area contributed by atoms with Gasteiger partial charge in [0.25, 0.3) is 0 Å². The number of carbonyl (C=O) groups is 2. The molecule has 0 saturated carbocycles. The maximum Gasteiger partial charge on any atom is 0.246 e. The Morgan fingerprint density at radius 3 is 2.31 bits per heavy atom. The molecular formula is C25H27N5O2. The molecule has 2 amide bonds. The zero-order valence-corrected chi connectivity index (χ0v) is 17.9. The summed E-state index contributed by atoms with van der Waals surface area (Å²) in [5.41, 5.74) is 2.86. The van der Waals surface area contributed by atoms with Crippen molar-refractivity contribution in [1.82, 2.24) is 25.2 Å². The van der Waals surface area contributed by atoms with E-state index in [0.717, 1.165) is 11.1 Å². The van der Waals surface area contributed by atoms with Gasteiger partial charge in [-0.25, -0.2) is 4.68 Å². The second kappa shape index (κ2) is 10.5. The Morgan fingerprint density at radius 2 is 1.62 bits per heavy atom. The van der Waals surface area contributed by atoms with Crippen LogP contribution in [-0.2, 0) is 22.7 Å². The Balaban J connectivity index is 1.22. The number of carbonyl (C=O) groups excluding carboxylic acids is 2. The highest BCUT2D eigenvalue weighted by Gasteiger charge is 2.26. The van der Waals surface area contributed by atoms with Crippen LogP contribution >= 0.6 is 0 Å². The third-order valence-electron chi connectivity index (χ3n) is 5.63. The summed E-state index contributed by atoms with van der Waals surface area (Å²) in [6, 6.07) is 19.9. The number of amides is 2. The van der Waals surface area contributed by atoms with Gasteiger partial charge in [-0.2, -0.15) is 0 Å². The molecule has 7 nitrogen and oxygen atoms in total. The van der Waals surface area contributed by atoms with E-state index in [2.05, 4.69) is 15.6 Å². The van der Waals surface area contributed by atoms with Crippen molar-refractivity contribution in [1.29, 1.82) is 0 Å². The summed E-state index contributed by atoms with van der Waals surface area (Å²) in [6.45, 7) is 2.32. The van der Waals surface area contributed by atoms with Crippen LogP contribution in [0.2, 0.25) is 0 Å². The zero-order valence-electron chi connectivity index (χ0n) is 17.9. The van der Waals surface area contributed by atoms with Crippen molar-refractivity contribution in [2.45, 2.75) is 25.9 Å². The first-order valence-corrected chi connectivity index (χ1v) is 10.9. The number of nitrogens with one attached hydrogen (secondary N) is 1. The molecule has 164 valence electrons. The molecule has 0 unspecified atom stereocenters. The van der Waals surface area contributed by atoms with Crippen molar-refractivity contribution >= 4 is 17.9 Å². The van der Waals surface area contributed by atoms with Crippen molar-refractivity contribution < 1.29 is 9.59 Å². The number of nitrogens with zero attached hydrogens (tertiary/aromatic N) is 4. The fraction of sp³-hybridized carbons (Fsp3) is 0.280. The topological polar surface area (TPSA) is 80.1 Å². The second-order valence-corrected chi connectivity index (χ2v) is 7.96. The molecule has 0 atom stereocenters. The van der Waals surface area contributed by atoms with E-state index in [9.17, 15) is 9.59 Å². The molecule has 0 aliphatic carbocycles. The predicted octanol–water partition coefficient (Wildman–Crippen LogP) is 2.89. The zero-order chi connectivity index (χ0) is 22.2. The average Bonchev–Trinajstić information content (AvgIpc) is 3.29. The van der Waals surface area contributed by atoms with Gasteiger partial charge in [-0.1, -0.05) is 65.9 Å². The van der Waals surface area contributed by atoms with Crippen LogP contribution in [0.5, 0.6) is 0 Å². The lowest BCUT2D eigenvalue weighted by Crippen LogP contribution is -2.42. The van der Waals surface area contributed by atoms with Crippen molar-refractivity contribution in [3.8, 4) is 0 Å². The lowest BCUT2D eigenvalue weighted by molar-refractivity contribution is -0.132. The summed E-state index contributed by atoms with van der Waals surface area (Å²) in [5.74, 6) is -0.0538. The molecule has 0 spiro atoms. The first kappa shape index (κ1) is 21.5. The normalized spacial score (nSPS) is 14.6. The number of rotatable bonds is 7. The summed E-state index contributed by atoms with van der Waals surface area (Å²) >= 11 is 0. The molecule has 7 heteroatoms. The number of hydrogen-bond acceptors (Lipinski definition) is 4. The Labute approximate surface area is 187 Å². The van der Waals surface area contributed by atoms with E-state index in [1.165, 1.54) is 6.08 Å². The summed E-state index contributed by atoms with van der Waals surface area (Å²) in [4.78, 5) is 26.8. The quantitative estimate of drug-likeness (QED) is 0.586.